The van der Waals surface area contributed by atoms with Crippen molar-refractivity contribution < 1.29 is 9.66 Å². The molecule has 2 rings (SSSR count). The monoisotopic (exact) mass is 289 g/mol. The van der Waals surface area contributed by atoms with Crippen molar-refractivity contribution >= 4 is 23.0 Å². The van der Waals surface area contributed by atoms with Crippen molar-refractivity contribution in [2.24, 2.45) is 5.84 Å². The molecule has 0 aliphatic carbocycles. The smallest absolute Gasteiger partial charge is 0.311 e. The highest BCUT2D eigenvalue weighted by molar-refractivity contribution is 5.68. The maximum Gasteiger partial charge on any atom is 0.311 e. The predicted octanol–water partition coefficient (Wildman–Crippen LogP) is 2.34. The van der Waals surface area contributed by atoms with Gasteiger partial charge in [-0.25, -0.2) is 10.8 Å². The third-order valence-corrected chi connectivity index (χ3v) is 2.88. The maximum atomic E-state index is 11.0. The van der Waals surface area contributed by atoms with E-state index in [2.05, 4.69) is 15.7 Å². The van der Waals surface area contributed by atoms with E-state index >= 15 is 0 Å². The lowest BCUT2D eigenvalue weighted by Crippen LogP contribution is -2.10. The minimum atomic E-state index is -0.508. The van der Waals surface area contributed by atoms with Gasteiger partial charge in [-0.1, -0.05) is 0 Å². The number of nitro groups is 1. The molecule has 0 fully saturated rings. The van der Waals surface area contributed by atoms with Gasteiger partial charge in [0.05, 0.1) is 12.0 Å². The molecule has 1 heterocycles. The Hall–Kier alpha value is -2.87. The molecule has 0 saturated carbocycles. The van der Waals surface area contributed by atoms with Crippen LogP contribution in [0.15, 0.2) is 30.3 Å². The van der Waals surface area contributed by atoms with Crippen LogP contribution < -0.4 is 21.3 Å². The van der Waals surface area contributed by atoms with E-state index in [-0.39, 0.29) is 11.5 Å². The zero-order valence-corrected chi connectivity index (χ0v) is 11.6. The minimum Gasteiger partial charge on any atom is -0.496 e. The number of benzene rings is 1. The number of aryl methyl sites for hydroxylation is 1. The molecule has 110 valence electrons. The Bertz CT molecular complexity index is 675. The SMILES string of the molecule is COc1ccc(Nc2nc(NN)ccc2[N+](=O)[O-])cc1C. The van der Waals surface area contributed by atoms with Crippen LogP contribution in [0.5, 0.6) is 5.75 Å². The molecule has 0 saturated heterocycles. The Balaban J connectivity index is 2.37. The molecule has 8 nitrogen and oxygen atoms in total. The van der Waals surface area contributed by atoms with Crippen molar-refractivity contribution in [1.29, 1.82) is 0 Å². The second-order valence-electron chi connectivity index (χ2n) is 4.28. The number of rotatable bonds is 5. The lowest BCUT2D eigenvalue weighted by molar-refractivity contribution is -0.384. The number of pyridine rings is 1. The van der Waals surface area contributed by atoms with E-state index < -0.39 is 4.92 Å². The summed E-state index contributed by atoms with van der Waals surface area (Å²) in [6.45, 7) is 1.88. The quantitative estimate of drug-likeness (QED) is 0.439. The van der Waals surface area contributed by atoms with E-state index in [1.807, 2.05) is 13.0 Å². The first-order valence-corrected chi connectivity index (χ1v) is 6.09. The van der Waals surface area contributed by atoms with Gasteiger partial charge >= 0.3 is 5.69 Å². The average molecular weight is 289 g/mol. The Morgan fingerprint density at radius 1 is 1.33 bits per heavy atom. The summed E-state index contributed by atoms with van der Waals surface area (Å²) in [6.07, 6.45) is 0. The summed E-state index contributed by atoms with van der Waals surface area (Å²) >= 11 is 0. The highest BCUT2D eigenvalue weighted by Gasteiger charge is 2.16. The molecule has 0 aliphatic rings. The number of hydrogen-bond donors (Lipinski definition) is 3. The number of anilines is 3. The van der Waals surface area contributed by atoms with Crippen LogP contribution in [0.2, 0.25) is 0 Å². The topological polar surface area (TPSA) is 115 Å². The summed E-state index contributed by atoms with van der Waals surface area (Å²) < 4.78 is 5.17. The average Bonchev–Trinajstić information content (AvgIpc) is 2.47. The van der Waals surface area contributed by atoms with E-state index in [1.54, 1.807) is 19.2 Å². The van der Waals surface area contributed by atoms with Gasteiger partial charge in [-0.3, -0.25) is 10.1 Å². The number of nitrogens with zero attached hydrogens (tertiary/aromatic N) is 2. The van der Waals surface area contributed by atoms with Gasteiger partial charge in [-0.2, -0.15) is 0 Å². The lowest BCUT2D eigenvalue weighted by atomic mass is 10.2. The highest BCUT2D eigenvalue weighted by Crippen LogP contribution is 2.29. The van der Waals surface area contributed by atoms with Crippen molar-refractivity contribution in [3.8, 4) is 5.75 Å². The van der Waals surface area contributed by atoms with Crippen molar-refractivity contribution in [3.05, 3.63) is 46.0 Å². The first-order valence-electron chi connectivity index (χ1n) is 6.09. The fourth-order valence-electron chi connectivity index (χ4n) is 1.86. The summed E-state index contributed by atoms with van der Waals surface area (Å²) in [5.41, 5.74) is 3.78. The number of nitrogens with one attached hydrogen (secondary N) is 2. The first-order chi connectivity index (χ1) is 10.0. The van der Waals surface area contributed by atoms with Crippen LogP contribution in [-0.2, 0) is 0 Å². The van der Waals surface area contributed by atoms with Gasteiger partial charge in [0.25, 0.3) is 0 Å². The molecule has 0 spiro atoms. The standard InChI is InChI=1S/C13H15N5O3/c1-8-7-9(3-5-11(8)21-2)15-13-10(18(19)20)4-6-12(16-13)17-14/h3-7H,14H2,1-2H3,(H2,15,16,17). The molecule has 1 aromatic carbocycles. The number of ether oxygens (including phenoxy) is 1. The van der Waals surface area contributed by atoms with Crippen LogP contribution >= 0.6 is 0 Å². The molecule has 8 heteroatoms. The molecule has 0 amide bonds. The highest BCUT2D eigenvalue weighted by atomic mass is 16.6. The fraction of sp³-hybridized carbons (Fsp3) is 0.154. The summed E-state index contributed by atoms with van der Waals surface area (Å²) in [6, 6.07) is 8.10. The van der Waals surface area contributed by atoms with Gasteiger partial charge in [-0.05, 0) is 36.8 Å². The molecule has 0 atom stereocenters. The van der Waals surface area contributed by atoms with E-state index in [9.17, 15) is 10.1 Å². The number of aromatic nitrogens is 1. The molecule has 1 aromatic heterocycles. The van der Waals surface area contributed by atoms with Crippen molar-refractivity contribution in [2.45, 2.75) is 6.92 Å². The van der Waals surface area contributed by atoms with E-state index in [4.69, 9.17) is 10.6 Å². The summed E-state index contributed by atoms with van der Waals surface area (Å²) in [5, 5.41) is 13.9. The normalized spacial score (nSPS) is 10.0. The van der Waals surface area contributed by atoms with Gasteiger partial charge in [0.15, 0.2) is 0 Å². The Kier molecular flexibility index (Phi) is 4.19. The van der Waals surface area contributed by atoms with Gasteiger partial charge in [-0.15, -0.1) is 0 Å². The van der Waals surface area contributed by atoms with Crippen molar-refractivity contribution in [2.75, 3.05) is 17.9 Å². The fourth-order valence-corrected chi connectivity index (χ4v) is 1.86. The Morgan fingerprint density at radius 2 is 2.10 bits per heavy atom. The summed E-state index contributed by atoms with van der Waals surface area (Å²) in [5.74, 6) is 6.45. The molecular formula is C13H15N5O3. The third kappa shape index (κ3) is 3.18. The number of nitrogen functional groups attached to an aromatic ring is 1. The van der Waals surface area contributed by atoms with Gasteiger partial charge in [0.1, 0.15) is 11.6 Å². The third-order valence-electron chi connectivity index (χ3n) is 2.88. The van der Waals surface area contributed by atoms with Crippen LogP contribution in [0.3, 0.4) is 0 Å². The van der Waals surface area contributed by atoms with Gasteiger partial charge in [0.2, 0.25) is 5.82 Å². The van der Waals surface area contributed by atoms with Crippen LogP contribution in [0.1, 0.15) is 5.56 Å². The van der Waals surface area contributed by atoms with Gasteiger partial charge in [0, 0.05) is 11.8 Å². The number of nitrogens with two attached hydrogens (primary N) is 1. The zero-order chi connectivity index (χ0) is 15.4. The Morgan fingerprint density at radius 3 is 2.67 bits per heavy atom. The second kappa shape index (κ2) is 6.06. The maximum absolute atomic E-state index is 11.0. The molecule has 0 radical (unpaired) electrons. The zero-order valence-electron chi connectivity index (χ0n) is 11.6. The van der Waals surface area contributed by atoms with Gasteiger partial charge < -0.3 is 15.5 Å². The molecule has 2 aromatic rings. The van der Waals surface area contributed by atoms with Crippen LogP contribution in [-0.4, -0.2) is 17.0 Å². The van der Waals surface area contributed by atoms with Crippen LogP contribution in [0.25, 0.3) is 0 Å². The number of methoxy groups -OCH3 is 1. The van der Waals surface area contributed by atoms with Crippen molar-refractivity contribution in [3.63, 3.8) is 0 Å². The van der Waals surface area contributed by atoms with E-state index in [0.717, 1.165) is 11.3 Å². The van der Waals surface area contributed by atoms with E-state index in [1.165, 1.54) is 12.1 Å². The first kappa shape index (κ1) is 14.5. The molecule has 21 heavy (non-hydrogen) atoms. The predicted molar refractivity (Wildman–Crippen MR) is 79.7 cm³/mol. The summed E-state index contributed by atoms with van der Waals surface area (Å²) in [7, 11) is 1.58. The molecule has 0 bridgehead atoms. The molecule has 4 N–H and O–H groups in total. The second-order valence-corrected chi connectivity index (χ2v) is 4.28. The molecule has 0 unspecified atom stereocenters. The largest absolute Gasteiger partial charge is 0.496 e. The summed E-state index contributed by atoms with van der Waals surface area (Å²) in [4.78, 5) is 14.6. The van der Waals surface area contributed by atoms with Crippen molar-refractivity contribution in [1.82, 2.24) is 4.98 Å². The molecule has 0 aliphatic heterocycles. The van der Waals surface area contributed by atoms with E-state index in [0.29, 0.717) is 11.5 Å². The Labute approximate surface area is 121 Å². The number of hydrazine groups is 1. The number of hydrogen-bond acceptors (Lipinski definition) is 7. The van der Waals surface area contributed by atoms with Crippen LogP contribution in [0, 0.1) is 17.0 Å². The van der Waals surface area contributed by atoms with Crippen LogP contribution in [0.4, 0.5) is 23.0 Å². The lowest BCUT2D eigenvalue weighted by Gasteiger charge is -2.10. The minimum absolute atomic E-state index is 0.111. The molecular weight excluding hydrogens is 274 g/mol.